The summed E-state index contributed by atoms with van der Waals surface area (Å²) in [6.07, 6.45) is 0.693. The molecule has 0 atom stereocenters. The first-order chi connectivity index (χ1) is 11.2. The molecule has 2 aromatic carbocycles. The quantitative estimate of drug-likeness (QED) is 0.848. The van der Waals surface area contributed by atoms with Crippen LogP contribution in [0.3, 0.4) is 0 Å². The maximum Gasteiger partial charge on any atom is 0.261 e. The van der Waals surface area contributed by atoms with Crippen molar-refractivity contribution in [2.45, 2.75) is 23.1 Å². The summed E-state index contributed by atoms with van der Waals surface area (Å²) < 4.78 is 52.7. The Morgan fingerprint density at radius 1 is 0.875 bits per heavy atom. The van der Waals surface area contributed by atoms with Crippen LogP contribution < -0.4 is 4.72 Å². The highest BCUT2D eigenvalue weighted by atomic mass is 32.2. The van der Waals surface area contributed by atoms with E-state index in [-0.39, 0.29) is 9.79 Å². The van der Waals surface area contributed by atoms with Gasteiger partial charge in [0.05, 0.1) is 15.5 Å². The number of nitrogens with one attached hydrogen (secondary N) is 1. The summed E-state index contributed by atoms with van der Waals surface area (Å²) in [4.78, 5) is 0.0477. The lowest BCUT2D eigenvalue weighted by molar-refractivity contribution is 0.520. The summed E-state index contributed by atoms with van der Waals surface area (Å²) in [5, 5.41) is 0. The molecule has 0 aliphatic rings. The van der Waals surface area contributed by atoms with E-state index in [4.69, 9.17) is 0 Å². The van der Waals surface area contributed by atoms with Crippen LogP contribution in [0, 0.1) is 0 Å². The second kappa shape index (κ2) is 6.92. The molecule has 0 unspecified atom stereocenters. The van der Waals surface area contributed by atoms with Crippen LogP contribution in [0.15, 0.2) is 58.3 Å². The van der Waals surface area contributed by atoms with E-state index in [1.807, 2.05) is 19.1 Å². The van der Waals surface area contributed by atoms with Gasteiger partial charge in [0.2, 0.25) is 10.0 Å². The number of rotatable bonds is 6. The fourth-order valence-corrected chi connectivity index (χ4v) is 4.14. The Kier molecular flexibility index (Phi) is 5.32. The highest BCUT2D eigenvalue weighted by Crippen LogP contribution is 2.22. The SMILES string of the molecule is CCc1ccccc1NS(=O)(=O)c1ccc(S(=O)(=O)N(C)C)cc1. The Morgan fingerprint density at radius 2 is 1.42 bits per heavy atom. The second-order valence-electron chi connectivity index (χ2n) is 5.38. The van der Waals surface area contributed by atoms with Crippen LogP contribution in [0.4, 0.5) is 5.69 Å². The van der Waals surface area contributed by atoms with E-state index >= 15 is 0 Å². The molecule has 0 fully saturated rings. The molecule has 24 heavy (non-hydrogen) atoms. The molecule has 0 spiro atoms. The molecule has 2 rings (SSSR count). The van der Waals surface area contributed by atoms with E-state index in [2.05, 4.69) is 4.72 Å². The Morgan fingerprint density at radius 3 is 1.96 bits per heavy atom. The van der Waals surface area contributed by atoms with E-state index in [0.717, 1.165) is 9.87 Å². The minimum Gasteiger partial charge on any atom is -0.279 e. The monoisotopic (exact) mass is 368 g/mol. The number of hydrogen-bond donors (Lipinski definition) is 1. The normalized spacial score (nSPS) is 12.3. The van der Waals surface area contributed by atoms with Gasteiger partial charge in [0.15, 0.2) is 0 Å². The maximum absolute atomic E-state index is 12.5. The molecular weight excluding hydrogens is 348 g/mol. The van der Waals surface area contributed by atoms with Crippen LogP contribution in [-0.2, 0) is 26.5 Å². The maximum atomic E-state index is 12.5. The van der Waals surface area contributed by atoms with Crippen molar-refractivity contribution in [1.82, 2.24) is 4.31 Å². The van der Waals surface area contributed by atoms with E-state index in [9.17, 15) is 16.8 Å². The number of benzene rings is 2. The smallest absolute Gasteiger partial charge is 0.261 e. The predicted molar refractivity (Wildman–Crippen MR) is 93.9 cm³/mol. The summed E-state index contributed by atoms with van der Waals surface area (Å²) in [5.41, 5.74) is 1.40. The van der Waals surface area contributed by atoms with Gasteiger partial charge in [0, 0.05) is 14.1 Å². The Hall–Kier alpha value is -1.90. The third kappa shape index (κ3) is 3.77. The largest absolute Gasteiger partial charge is 0.279 e. The number of anilines is 1. The Bertz CT molecular complexity index is 919. The molecule has 0 saturated heterocycles. The van der Waals surface area contributed by atoms with Gasteiger partial charge in [-0.3, -0.25) is 4.72 Å². The topological polar surface area (TPSA) is 83.5 Å². The third-order valence-electron chi connectivity index (χ3n) is 3.56. The zero-order chi connectivity index (χ0) is 18.0. The number of sulfonamides is 2. The predicted octanol–water partition coefficient (Wildman–Crippen LogP) is 2.30. The second-order valence-corrected chi connectivity index (χ2v) is 9.21. The Labute approximate surface area is 143 Å². The molecule has 0 heterocycles. The van der Waals surface area contributed by atoms with Gasteiger partial charge in [-0.25, -0.2) is 21.1 Å². The first-order valence-corrected chi connectivity index (χ1v) is 10.2. The zero-order valence-corrected chi connectivity index (χ0v) is 15.4. The molecule has 0 aliphatic carbocycles. The van der Waals surface area contributed by atoms with Gasteiger partial charge in [0.1, 0.15) is 0 Å². The number of hydrogen-bond acceptors (Lipinski definition) is 4. The van der Waals surface area contributed by atoms with Crippen LogP contribution in [-0.4, -0.2) is 35.2 Å². The number of nitrogens with zero attached hydrogens (tertiary/aromatic N) is 1. The minimum atomic E-state index is -3.79. The summed E-state index contributed by atoms with van der Waals surface area (Å²) in [6, 6.07) is 12.3. The van der Waals surface area contributed by atoms with Crippen molar-refractivity contribution >= 4 is 25.7 Å². The zero-order valence-electron chi connectivity index (χ0n) is 13.7. The molecule has 0 bridgehead atoms. The lowest BCUT2D eigenvalue weighted by Gasteiger charge is -2.13. The molecule has 0 saturated carbocycles. The van der Waals surface area contributed by atoms with Gasteiger partial charge in [-0.2, -0.15) is 0 Å². The first kappa shape index (κ1) is 18.4. The van der Waals surface area contributed by atoms with Crippen molar-refractivity contribution in [1.29, 1.82) is 0 Å². The van der Waals surface area contributed by atoms with Crippen LogP contribution in [0.25, 0.3) is 0 Å². The Balaban J connectivity index is 2.34. The van der Waals surface area contributed by atoms with Gasteiger partial charge >= 0.3 is 0 Å². The molecule has 1 N–H and O–H groups in total. The minimum absolute atomic E-state index is 0.00566. The summed E-state index contributed by atoms with van der Waals surface area (Å²) in [6.45, 7) is 1.94. The molecule has 130 valence electrons. The molecule has 0 aromatic heterocycles. The van der Waals surface area contributed by atoms with Crippen molar-refractivity contribution in [2.75, 3.05) is 18.8 Å². The standard InChI is InChI=1S/C16H20N2O4S2/c1-4-13-7-5-6-8-16(13)17-23(19,20)14-9-11-15(12-10-14)24(21,22)18(2)3/h5-12,17H,4H2,1-3H3. The van der Waals surface area contributed by atoms with E-state index in [1.54, 1.807) is 12.1 Å². The van der Waals surface area contributed by atoms with Gasteiger partial charge in [0.25, 0.3) is 10.0 Å². The van der Waals surface area contributed by atoms with Crippen molar-refractivity contribution in [3.63, 3.8) is 0 Å². The molecule has 2 aromatic rings. The average molecular weight is 368 g/mol. The van der Waals surface area contributed by atoms with E-state index in [1.165, 1.54) is 38.4 Å². The molecular formula is C16H20N2O4S2. The molecule has 0 amide bonds. The van der Waals surface area contributed by atoms with Crippen LogP contribution in [0.2, 0.25) is 0 Å². The van der Waals surface area contributed by atoms with Crippen molar-refractivity contribution in [2.24, 2.45) is 0 Å². The van der Waals surface area contributed by atoms with E-state index < -0.39 is 20.0 Å². The summed E-state index contributed by atoms with van der Waals surface area (Å²) in [7, 11) is -4.54. The fraction of sp³-hybridized carbons (Fsp3) is 0.250. The summed E-state index contributed by atoms with van der Waals surface area (Å²) >= 11 is 0. The third-order valence-corrected chi connectivity index (χ3v) is 6.77. The highest BCUT2D eigenvalue weighted by Gasteiger charge is 2.20. The van der Waals surface area contributed by atoms with Crippen LogP contribution in [0.5, 0.6) is 0 Å². The molecule has 0 aliphatic heterocycles. The lowest BCUT2D eigenvalue weighted by Crippen LogP contribution is -2.22. The van der Waals surface area contributed by atoms with E-state index in [0.29, 0.717) is 12.1 Å². The average Bonchev–Trinajstić information content (AvgIpc) is 2.55. The van der Waals surface area contributed by atoms with Crippen LogP contribution in [0.1, 0.15) is 12.5 Å². The fourth-order valence-electron chi connectivity index (χ4n) is 2.13. The molecule has 0 radical (unpaired) electrons. The highest BCUT2D eigenvalue weighted by molar-refractivity contribution is 7.92. The van der Waals surface area contributed by atoms with Gasteiger partial charge in [-0.15, -0.1) is 0 Å². The van der Waals surface area contributed by atoms with Gasteiger partial charge in [-0.1, -0.05) is 25.1 Å². The molecule has 6 nitrogen and oxygen atoms in total. The van der Waals surface area contributed by atoms with Crippen molar-refractivity contribution in [3.05, 3.63) is 54.1 Å². The molecule has 8 heteroatoms. The van der Waals surface area contributed by atoms with Crippen molar-refractivity contribution < 1.29 is 16.8 Å². The van der Waals surface area contributed by atoms with Crippen molar-refractivity contribution in [3.8, 4) is 0 Å². The van der Waals surface area contributed by atoms with Crippen LogP contribution >= 0.6 is 0 Å². The first-order valence-electron chi connectivity index (χ1n) is 7.32. The number of para-hydroxylation sites is 1. The summed E-state index contributed by atoms with van der Waals surface area (Å²) in [5.74, 6) is 0. The number of aryl methyl sites for hydroxylation is 1. The van der Waals surface area contributed by atoms with Gasteiger partial charge in [-0.05, 0) is 42.3 Å². The van der Waals surface area contributed by atoms with Gasteiger partial charge < -0.3 is 0 Å². The lowest BCUT2D eigenvalue weighted by atomic mass is 10.1.